The Morgan fingerprint density at radius 1 is 1.03 bits per heavy atom. The zero-order chi connectivity index (χ0) is 21.1. The summed E-state index contributed by atoms with van der Waals surface area (Å²) in [4.78, 5) is 12.3. The van der Waals surface area contributed by atoms with Crippen LogP contribution >= 0.6 is 11.6 Å². The average molecular weight is 422 g/mol. The van der Waals surface area contributed by atoms with Crippen molar-refractivity contribution in [2.75, 3.05) is 6.54 Å². The summed E-state index contributed by atoms with van der Waals surface area (Å²) in [5.74, 6) is -0.287. The van der Waals surface area contributed by atoms with Crippen molar-refractivity contribution in [2.24, 2.45) is 0 Å². The largest absolute Gasteiger partial charge is 0.392 e. The van der Waals surface area contributed by atoms with Crippen LogP contribution in [-0.4, -0.2) is 43.6 Å². The molecule has 7 nitrogen and oxygen atoms in total. The van der Waals surface area contributed by atoms with Gasteiger partial charge in [0.2, 0.25) is 5.91 Å². The Balaban J connectivity index is 1.84. The van der Waals surface area contributed by atoms with E-state index in [4.69, 9.17) is 11.6 Å². The lowest BCUT2D eigenvalue weighted by molar-refractivity contribution is -0.122. The molecule has 0 spiro atoms. The average Bonchev–Trinajstić information content (AvgIpc) is 3.13. The fourth-order valence-electron chi connectivity index (χ4n) is 3.16. The van der Waals surface area contributed by atoms with Gasteiger partial charge in [0.25, 0.3) is 0 Å². The molecule has 8 heteroatoms. The molecule has 0 radical (unpaired) electrons. The SMILES string of the molecule is C[C@@H](O)CNC(=O)Cn1nc(-c2ccccc2)c2c(Cl)c(-c3ccccc3)nnc21. The molecule has 4 aromatic rings. The molecule has 0 saturated heterocycles. The Kier molecular flexibility index (Phi) is 5.74. The van der Waals surface area contributed by atoms with Gasteiger partial charge < -0.3 is 10.4 Å². The zero-order valence-corrected chi connectivity index (χ0v) is 17.0. The Morgan fingerprint density at radius 2 is 1.63 bits per heavy atom. The number of halogens is 1. The molecular weight excluding hydrogens is 402 g/mol. The fraction of sp³-hybridized carbons (Fsp3) is 0.182. The minimum absolute atomic E-state index is 0.0637. The van der Waals surface area contributed by atoms with Gasteiger partial charge in [0.05, 0.1) is 16.5 Å². The quantitative estimate of drug-likeness (QED) is 0.498. The molecule has 0 aliphatic heterocycles. The summed E-state index contributed by atoms with van der Waals surface area (Å²) in [6.07, 6.45) is -0.633. The number of benzene rings is 2. The highest BCUT2D eigenvalue weighted by molar-refractivity contribution is 6.38. The van der Waals surface area contributed by atoms with Crippen LogP contribution in [0, 0.1) is 0 Å². The number of nitrogens with zero attached hydrogens (tertiary/aromatic N) is 4. The molecule has 2 aromatic heterocycles. The van der Waals surface area contributed by atoms with Crippen LogP contribution in [0.1, 0.15) is 6.92 Å². The van der Waals surface area contributed by atoms with Gasteiger partial charge in [-0.25, -0.2) is 4.68 Å². The van der Waals surface area contributed by atoms with Crippen molar-refractivity contribution in [3.63, 3.8) is 0 Å². The van der Waals surface area contributed by atoms with E-state index in [9.17, 15) is 9.90 Å². The third-order valence-corrected chi connectivity index (χ3v) is 4.95. The lowest BCUT2D eigenvalue weighted by atomic mass is 10.1. The number of hydrogen-bond donors (Lipinski definition) is 2. The normalized spacial score (nSPS) is 12.1. The van der Waals surface area contributed by atoms with Gasteiger partial charge in [-0.05, 0) is 6.92 Å². The Labute approximate surface area is 178 Å². The van der Waals surface area contributed by atoms with Gasteiger partial charge >= 0.3 is 0 Å². The topological polar surface area (TPSA) is 92.9 Å². The summed E-state index contributed by atoms with van der Waals surface area (Å²) in [7, 11) is 0. The van der Waals surface area contributed by atoms with E-state index in [0.29, 0.717) is 27.4 Å². The van der Waals surface area contributed by atoms with Crippen molar-refractivity contribution >= 4 is 28.5 Å². The van der Waals surface area contributed by atoms with E-state index in [-0.39, 0.29) is 19.0 Å². The van der Waals surface area contributed by atoms with Gasteiger partial charge in [-0.15, -0.1) is 10.2 Å². The highest BCUT2D eigenvalue weighted by Gasteiger charge is 2.22. The molecular formula is C22H20ClN5O2. The minimum Gasteiger partial charge on any atom is -0.392 e. The smallest absolute Gasteiger partial charge is 0.241 e. The van der Waals surface area contributed by atoms with Gasteiger partial charge in [0.15, 0.2) is 5.65 Å². The maximum absolute atomic E-state index is 12.3. The molecule has 0 unspecified atom stereocenters. The molecule has 30 heavy (non-hydrogen) atoms. The second-order valence-electron chi connectivity index (χ2n) is 6.95. The summed E-state index contributed by atoms with van der Waals surface area (Å²) in [6.45, 7) is 1.70. The predicted octanol–water partition coefficient (Wildman–Crippen LogP) is 3.31. The molecule has 2 aromatic carbocycles. The second kappa shape index (κ2) is 8.61. The number of nitrogens with one attached hydrogen (secondary N) is 1. The number of aliphatic hydroxyl groups excluding tert-OH is 1. The zero-order valence-electron chi connectivity index (χ0n) is 16.3. The number of aliphatic hydroxyl groups is 1. The molecule has 1 amide bonds. The van der Waals surface area contributed by atoms with E-state index in [2.05, 4.69) is 20.6 Å². The summed E-state index contributed by atoms with van der Waals surface area (Å²) in [6, 6.07) is 19.2. The lowest BCUT2D eigenvalue weighted by Gasteiger charge is -2.08. The molecule has 0 aliphatic carbocycles. The molecule has 152 valence electrons. The predicted molar refractivity (Wildman–Crippen MR) is 116 cm³/mol. The van der Waals surface area contributed by atoms with Gasteiger partial charge in [-0.3, -0.25) is 4.79 Å². The molecule has 0 aliphatic rings. The number of amides is 1. The first-order valence-electron chi connectivity index (χ1n) is 9.53. The molecule has 0 bridgehead atoms. The minimum atomic E-state index is -0.633. The number of aromatic nitrogens is 4. The van der Waals surface area contributed by atoms with Crippen molar-refractivity contribution < 1.29 is 9.90 Å². The number of carbonyl (C=O) groups is 1. The van der Waals surface area contributed by atoms with Gasteiger partial charge in [-0.1, -0.05) is 72.3 Å². The number of fused-ring (bicyclic) bond motifs is 1. The number of rotatable bonds is 6. The Hall–Kier alpha value is -3.29. The Bertz CT molecular complexity index is 1180. The van der Waals surface area contributed by atoms with Crippen LogP contribution in [0.2, 0.25) is 5.02 Å². The number of hydrogen-bond acceptors (Lipinski definition) is 5. The molecule has 1 atom stereocenters. The first-order valence-corrected chi connectivity index (χ1v) is 9.90. The van der Waals surface area contributed by atoms with E-state index in [1.165, 1.54) is 4.68 Å². The summed E-state index contributed by atoms with van der Waals surface area (Å²) in [5.41, 5.74) is 3.31. The van der Waals surface area contributed by atoms with E-state index in [1.807, 2.05) is 60.7 Å². The molecule has 0 saturated carbocycles. The monoisotopic (exact) mass is 421 g/mol. The first-order chi connectivity index (χ1) is 14.5. The van der Waals surface area contributed by atoms with Crippen LogP contribution in [0.4, 0.5) is 0 Å². The lowest BCUT2D eigenvalue weighted by Crippen LogP contribution is -2.33. The summed E-state index contributed by atoms with van der Waals surface area (Å²) < 4.78 is 1.49. The molecule has 2 N–H and O–H groups in total. The Morgan fingerprint density at radius 3 is 2.23 bits per heavy atom. The highest BCUT2D eigenvalue weighted by atomic mass is 35.5. The van der Waals surface area contributed by atoms with E-state index >= 15 is 0 Å². The van der Waals surface area contributed by atoms with Crippen LogP contribution in [0.3, 0.4) is 0 Å². The maximum atomic E-state index is 12.3. The van der Waals surface area contributed by atoms with Crippen molar-refractivity contribution in [3.05, 3.63) is 65.7 Å². The van der Waals surface area contributed by atoms with Crippen molar-refractivity contribution in [3.8, 4) is 22.5 Å². The third-order valence-electron chi connectivity index (χ3n) is 4.58. The van der Waals surface area contributed by atoms with Crippen LogP contribution in [0.15, 0.2) is 60.7 Å². The van der Waals surface area contributed by atoms with E-state index in [1.54, 1.807) is 6.92 Å². The molecule has 0 fully saturated rings. The molecule has 2 heterocycles. The van der Waals surface area contributed by atoms with Crippen LogP contribution in [0.5, 0.6) is 0 Å². The van der Waals surface area contributed by atoms with Crippen molar-refractivity contribution in [2.45, 2.75) is 19.6 Å². The summed E-state index contributed by atoms with van der Waals surface area (Å²) >= 11 is 6.79. The maximum Gasteiger partial charge on any atom is 0.241 e. The van der Waals surface area contributed by atoms with Crippen LogP contribution in [-0.2, 0) is 11.3 Å². The van der Waals surface area contributed by atoms with Gasteiger partial charge in [-0.2, -0.15) is 5.10 Å². The second-order valence-corrected chi connectivity index (χ2v) is 7.33. The van der Waals surface area contributed by atoms with E-state index in [0.717, 1.165) is 11.1 Å². The third kappa shape index (κ3) is 4.03. The van der Waals surface area contributed by atoms with E-state index < -0.39 is 6.10 Å². The number of carbonyl (C=O) groups excluding carboxylic acids is 1. The van der Waals surface area contributed by atoms with Crippen LogP contribution < -0.4 is 5.32 Å². The summed E-state index contributed by atoms with van der Waals surface area (Å²) in [5, 5.41) is 26.4. The van der Waals surface area contributed by atoms with Crippen molar-refractivity contribution in [1.29, 1.82) is 0 Å². The molecule has 4 rings (SSSR count). The fourth-order valence-corrected chi connectivity index (χ4v) is 3.48. The standard InChI is InChI=1S/C22H20ClN5O2/c1-14(29)12-24-17(30)13-28-22-18(20(27-28)15-8-4-2-5-9-15)19(23)21(25-26-22)16-10-6-3-7-11-16/h2-11,14,29H,12-13H2,1H3,(H,24,30)/t14-/m1/s1. The van der Waals surface area contributed by atoms with Crippen molar-refractivity contribution in [1.82, 2.24) is 25.3 Å². The van der Waals surface area contributed by atoms with Gasteiger partial charge in [0.1, 0.15) is 17.9 Å². The first kappa shape index (κ1) is 20.0. The van der Waals surface area contributed by atoms with Crippen LogP contribution in [0.25, 0.3) is 33.5 Å². The highest BCUT2D eigenvalue weighted by Crippen LogP contribution is 2.37. The van der Waals surface area contributed by atoms with Gasteiger partial charge in [0, 0.05) is 17.7 Å².